The van der Waals surface area contributed by atoms with Crippen molar-refractivity contribution < 1.29 is 18.7 Å². The Morgan fingerprint density at radius 3 is 2.64 bits per heavy atom. The van der Waals surface area contributed by atoms with E-state index in [1.807, 2.05) is 6.92 Å². The van der Waals surface area contributed by atoms with Crippen molar-refractivity contribution in [1.29, 1.82) is 0 Å². The third kappa shape index (κ3) is 5.28. The van der Waals surface area contributed by atoms with Crippen LogP contribution in [0.2, 0.25) is 18.1 Å². The van der Waals surface area contributed by atoms with Crippen LogP contribution in [-0.4, -0.2) is 50.8 Å². The van der Waals surface area contributed by atoms with Crippen LogP contribution in [0, 0.1) is 0 Å². The van der Waals surface area contributed by atoms with Gasteiger partial charge in [-0.25, -0.2) is 4.79 Å². The second-order valence-electron chi connectivity index (χ2n) is 12.3. The summed E-state index contributed by atoms with van der Waals surface area (Å²) in [6.45, 7) is 18.8. The average molecular weight is 512 g/mol. The Kier molecular flexibility index (Phi) is 8.01. The quantitative estimate of drug-likeness (QED) is 0.222. The van der Waals surface area contributed by atoms with Gasteiger partial charge in [0.05, 0.1) is 25.4 Å². The standard InChI is InChI=1S/C30H45NO4Si/c1-9-33-29(32)22-17-23(14-10-11-16-34-36(7,8)30(4,5)6)31-26(19-22)35-25-18-21-13-12-15-24(20(2)3)27(21)28(25)31/h10-13,15,17,20,23,25-26,28H,9,14,16,18-19H2,1-8H3/b11-10+/t23-,25-,26-,28-/m1/s1. The minimum absolute atomic E-state index is 0.0773. The van der Waals surface area contributed by atoms with Gasteiger partial charge in [0.1, 0.15) is 6.23 Å². The molecule has 6 heteroatoms. The van der Waals surface area contributed by atoms with E-state index in [1.54, 1.807) is 0 Å². The van der Waals surface area contributed by atoms with Crippen LogP contribution in [0.15, 0.2) is 42.0 Å². The summed E-state index contributed by atoms with van der Waals surface area (Å²) in [7, 11) is -1.78. The van der Waals surface area contributed by atoms with Crippen LogP contribution in [0.4, 0.5) is 0 Å². The average Bonchev–Trinajstić information content (AvgIpc) is 3.33. The van der Waals surface area contributed by atoms with Gasteiger partial charge in [-0.3, -0.25) is 4.90 Å². The van der Waals surface area contributed by atoms with E-state index in [4.69, 9.17) is 13.9 Å². The van der Waals surface area contributed by atoms with E-state index in [2.05, 4.69) is 89.0 Å². The van der Waals surface area contributed by atoms with Gasteiger partial charge in [0.2, 0.25) is 0 Å². The van der Waals surface area contributed by atoms with Crippen molar-refractivity contribution in [2.24, 2.45) is 0 Å². The fraction of sp³-hybridized carbons (Fsp3) is 0.633. The molecule has 0 radical (unpaired) electrons. The molecule has 2 aliphatic heterocycles. The fourth-order valence-corrected chi connectivity index (χ4v) is 6.54. The number of carbonyl (C=O) groups is 1. The number of hydrogen-bond donors (Lipinski definition) is 0. The maximum Gasteiger partial charge on any atom is 0.333 e. The summed E-state index contributed by atoms with van der Waals surface area (Å²) in [6, 6.07) is 7.02. The smallest absolute Gasteiger partial charge is 0.333 e. The molecular weight excluding hydrogens is 466 g/mol. The highest BCUT2D eigenvalue weighted by Crippen LogP contribution is 2.50. The molecule has 0 unspecified atom stereocenters. The zero-order valence-electron chi connectivity index (χ0n) is 23.5. The summed E-state index contributed by atoms with van der Waals surface area (Å²) in [6.07, 6.45) is 8.87. The van der Waals surface area contributed by atoms with Crippen LogP contribution in [-0.2, 0) is 25.1 Å². The van der Waals surface area contributed by atoms with Crippen molar-refractivity contribution in [2.45, 2.75) is 109 Å². The number of benzene rings is 1. The van der Waals surface area contributed by atoms with Gasteiger partial charge < -0.3 is 13.9 Å². The number of fused-ring (bicyclic) bond motifs is 5. The first-order chi connectivity index (χ1) is 16.9. The molecule has 1 aliphatic carbocycles. The van der Waals surface area contributed by atoms with E-state index in [9.17, 15) is 4.79 Å². The van der Waals surface area contributed by atoms with E-state index in [-0.39, 0.29) is 35.4 Å². The molecule has 1 aromatic carbocycles. The summed E-state index contributed by atoms with van der Waals surface area (Å²) in [5.41, 5.74) is 5.02. The Morgan fingerprint density at radius 1 is 1.22 bits per heavy atom. The molecule has 4 atom stereocenters. The molecule has 5 nitrogen and oxygen atoms in total. The Balaban J connectivity index is 1.58. The lowest BCUT2D eigenvalue weighted by atomic mass is 9.90. The Hall–Kier alpha value is -1.73. The number of rotatable bonds is 8. The van der Waals surface area contributed by atoms with Crippen molar-refractivity contribution in [3.8, 4) is 0 Å². The van der Waals surface area contributed by atoms with Crippen LogP contribution in [0.1, 0.15) is 83.0 Å². The van der Waals surface area contributed by atoms with Gasteiger partial charge in [-0.15, -0.1) is 0 Å². The molecule has 0 aromatic heterocycles. The molecule has 198 valence electrons. The highest BCUT2D eigenvalue weighted by atomic mass is 28.4. The Bertz CT molecular complexity index is 1020. The van der Waals surface area contributed by atoms with Crippen LogP contribution in [0.3, 0.4) is 0 Å². The third-order valence-electron chi connectivity index (χ3n) is 8.51. The van der Waals surface area contributed by atoms with E-state index >= 15 is 0 Å². The molecule has 0 bridgehead atoms. The van der Waals surface area contributed by atoms with E-state index in [1.165, 1.54) is 16.7 Å². The topological polar surface area (TPSA) is 48.0 Å². The highest BCUT2D eigenvalue weighted by Gasteiger charge is 2.52. The van der Waals surface area contributed by atoms with Crippen molar-refractivity contribution in [1.82, 2.24) is 4.90 Å². The van der Waals surface area contributed by atoms with E-state index in [0.29, 0.717) is 25.6 Å². The number of nitrogens with zero attached hydrogens (tertiary/aromatic N) is 1. The minimum atomic E-state index is -1.78. The van der Waals surface area contributed by atoms with Crippen LogP contribution in [0.25, 0.3) is 0 Å². The lowest BCUT2D eigenvalue weighted by Crippen LogP contribution is -2.44. The number of carbonyl (C=O) groups excluding carboxylic acids is 1. The largest absolute Gasteiger partial charge is 0.463 e. The molecule has 36 heavy (non-hydrogen) atoms. The second-order valence-corrected chi connectivity index (χ2v) is 17.1. The molecule has 2 heterocycles. The fourth-order valence-electron chi connectivity index (χ4n) is 5.59. The zero-order chi connectivity index (χ0) is 26.3. The van der Waals surface area contributed by atoms with Crippen molar-refractivity contribution >= 4 is 14.3 Å². The molecule has 0 amide bonds. The van der Waals surface area contributed by atoms with Gasteiger partial charge in [0, 0.05) is 24.5 Å². The van der Waals surface area contributed by atoms with Crippen molar-refractivity contribution in [2.75, 3.05) is 13.2 Å². The predicted octanol–water partition coefficient (Wildman–Crippen LogP) is 6.66. The van der Waals surface area contributed by atoms with Gasteiger partial charge in [-0.1, -0.05) is 71.0 Å². The first-order valence-electron chi connectivity index (χ1n) is 13.7. The normalized spacial score (nSPS) is 26.2. The van der Waals surface area contributed by atoms with Crippen LogP contribution >= 0.6 is 0 Å². The number of hydrogen-bond acceptors (Lipinski definition) is 5. The highest BCUT2D eigenvalue weighted by molar-refractivity contribution is 6.74. The zero-order valence-corrected chi connectivity index (χ0v) is 24.5. The molecular formula is C30H45NO4Si. The van der Waals surface area contributed by atoms with Gasteiger partial charge >= 0.3 is 5.97 Å². The summed E-state index contributed by atoms with van der Waals surface area (Å²) in [5.74, 6) is 0.246. The number of esters is 1. The summed E-state index contributed by atoms with van der Waals surface area (Å²) in [5, 5.41) is 0.195. The minimum Gasteiger partial charge on any atom is -0.463 e. The molecule has 0 spiro atoms. The van der Waals surface area contributed by atoms with Crippen molar-refractivity contribution in [3.63, 3.8) is 0 Å². The van der Waals surface area contributed by atoms with Gasteiger partial charge in [-0.05, 0) is 54.1 Å². The lowest BCUT2D eigenvalue weighted by molar-refractivity contribution is -0.139. The van der Waals surface area contributed by atoms with Gasteiger partial charge in [-0.2, -0.15) is 0 Å². The third-order valence-corrected chi connectivity index (χ3v) is 13.0. The van der Waals surface area contributed by atoms with Crippen molar-refractivity contribution in [3.05, 3.63) is 58.7 Å². The molecule has 1 fully saturated rings. The molecule has 1 aromatic rings. The molecule has 0 N–H and O–H groups in total. The number of ether oxygens (including phenoxy) is 2. The van der Waals surface area contributed by atoms with Gasteiger partial charge in [0.15, 0.2) is 8.32 Å². The lowest BCUT2D eigenvalue weighted by Gasteiger charge is -2.38. The maximum atomic E-state index is 12.7. The SMILES string of the molecule is CCOC(=O)C1=C[C@@H](C/C=C/CO[Si](C)(C)C(C)(C)C)N2[C@@H](C1)O[C@@H]1Cc3cccc(C(C)C)c3[C@@H]12. The summed E-state index contributed by atoms with van der Waals surface area (Å²) >= 11 is 0. The Morgan fingerprint density at radius 2 is 1.97 bits per heavy atom. The summed E-state index contributed by atoms with van der Waals surface area (Å²) < 4.78 is 18.4. The first kappa shape index (κ1) is 27.3. The van der Waals surface area contributed by atoms with Crippen LogP contribution < -0.4 is 0 Å². The van der Waals surface area contributed by atoms with Crippen LogP contribution in [0.5, 0.6) is 0 Å². The van der Waals surface area contributed by atoms with Gasteiger partial charge in [0.25, 0.3) is 0 Å². The summed E-state index contributed by atoms with van der Waals surface area (Å²) in [4.78, 5) is 15.2. The molecule has 3 aliphatic rings. The van der Waals surface area contributed by atoms with E-state index in [0.717, 1.165) is 18.4 Å². The Labute approximate surface area is 219 Å². The first-order valence-corrected chi connectivity index (χ1v) is 16.6. The molecule has 0 saturated carbocycles. The molecule has 1 saturated heterocycles. The predicted molar refractivity (Wildman–Crippen MR) is 148 cm³/mol. The van der Waals surface area contributed by atoms with E-state index < -0.39 is 8.32 Å². The monoisotopic (exact) mass is 511 g/mol. The second kappa shape index (κ2) is 10.6. The maximum absolute atomic E-state index is 12.7. The molecule has 4 rings (SSSR count).